The lowest BCUT2D eigenvalue weighted by molar-refractivity contribution is 0.481. The standard InChI is InChI=1S/C17H14N6O6S3/c1-9-14(16(18)23(22-9)10-5-7-11(8-6-10)31(24,25)26)20-21-17-19-12-3-2-4-13(15(12)30-17)32(27,28)29/h2-8H,18H2,1H3,(H,24,25,26)(H,27,28,29)/b21-20+. The average molecular weight is 495 g/mol. The summed E-state index contributed by atoms with van der Waals surface area (Å²) in [6.07, 6.45) is 0. The third-order valence-corrected chi connectivity index (χ3v) is 7.21. The minimum Gasteiger partial charge on any atom is -0.382 e. The molecule has 2 aromatic heterocycles. The number of nitrogens with zero attached hydrogens (tertiary/aromatic N) is 5. The highest BCUT2D eigenvalue weighted by Gasteiger charge is 2.18. The van der Waals surface area contributed by atoms with Crippen molar-refractivity contribution < 1.29 is 25.9 Å². The van der Waals surface area contributed by atoms with Crippen molar-refractivity contribution in [2.45, 2.75) is 16.7 Å². The number of thiazole rings is 1. The molecule has 4 aromatic rings. The quantitative estimate of drug-likeness (QED) is 0.276. The maximum atomic E-state index is 11.5. The highest BCUT2D eigenvalue weighted by atomic mass is 32.2. The minimum atomic E-state index is -4.42. The second-order valence-electron chi connectivity index (χ2n) is 6.48. The number of anilines is 1. The smallest absolute Gasteiger partial charge is 0.296 e. The van der Waals surface area contributed by atoms with Gasteiger partial charge in [-0.2, -0.15) is 21.9 Å². The van der Waals surface area contributed by atoms with E-state index in [2.05, 4.69) is 20.3 Å². The van der Waals surface area contributed by atoms with Crippen molar-refractivity contribution in [3.8, 4) is 5.69 Å². The highest BCUT2D eigenvalue weighted by molar-refractivity contribution is 7.86. The molecule has 0 aliphatic heterocycles. The number of azo groups is 1. The van der Waals surface area contributed by atoms with Crippen molar-refractivity contribution in [3.05, 3.63) is 48.2 Å². The Labute approximate surface area is 185 Å². The molecule has 0 aliphatic carbocycles. The average Bonchev–Trinajstić information content (AvgIpc) is 3.25. The van der Waals surface area contributed by atoms with Gasteiger partial charge in [-0.3, -0.25) is 9.11 Å². The summed E-state index contributed by atoms with van der Waals surface area (Å²) < 4.78 is 65.5. The number of aryl methyl sites for hydroxylation is 1. The summed E-state index contributed by atoms with van der Waals surface area (Å²) in [4.78, 5) is 3.65. The van der Waals surface area contributed by atoms with Crippen molar-refractivity contribution in [2.24, 2.45) is 10.2 Å². The lowest BCUT2D eigenvalue weighted by Gasteiger charge is -2.04. The Kier molecular flexibility index (Phi) is 5.30. The molecular weight excluding hydrogens is 480 g/mol. The molecular formula is C17H14N6O6S3. The summed E-state index contributed by atoms with van der Waals surface area (Å²) in [7, 11) is -8.76. The van der Waals surface area contributed by atoms with Crippen LogP contribution in [0.2, 0.25) is 0 Å². The topological polar surface area (TPSA) is 190 Å². The molecule has 0 atom stereocenters. The van der Waals surface area contributed by atoms with Crippen LogP contribution < -0.4 is 5.73 Å². The first-order valence-electron chi connectivity index (χ1n) is 8.67. The lowest BCUT2D eigenvalue weighted by atomic mass is 10.3. The maximum Gasteiger partial charge on any atom is 0.296 e. The fraction of sp³-hybridized carbons (Fsp3) is 0.0588. The van der Waals surface area contributed by atoms with Gasteiger partial charge in [0, 0.05) is 0 Å². The number of aromatic nitrogens is 3. The van der Waals surface area contributed by atoms with Crippen LogP contribution in [0.3, 0.4) is 0 Å². The maximum absolute atomic E-state index is 11.5. The molecule has 0 unspecified atom stereocenters. The van der Waals surface area contributed by atoms with E-state index in [0.717, 1.165) is 11.3 Å². The van der Waals surface area contributed by atoms with E-state index in [1.165, 1.54) is 41.1 Å². The zero-order valence-electron chi connectivity index (χ0n) is 16.1. The van der Waals surface area contributed by atoms with Gasteiger partial charge in [-0.15, -0.1) is 10.2 Å². The molecule has 2 aromatic carbocycles. The van der Waals surface area contributed by atoms with E-state index >= 15 is 0 Å². The second-order valence-corrected chi connectivity index (χ2v) is 10.3. The van der Waals surface area contributed by atoms with Gasteiger partial charge in [-0.1, -0.05) is 17.4 Å². The molecule has 4 rings (SSSR count). The molecule has 0 bridgehead atoms. The number of hydrogen-bond acceptors (Lipinski definition) is 10. The third kappa shape index (κ3) is 4.11. The number of hydrogen-bond donors (Lipinski definition) is 3. The van der Waals surface area contributed by atoms with E-state index in [9.17, 15) is 21.4 Å². The van der Waals surface area contributed by atoms with Gasteiger partial charge in [0.2, 0.25) is 5.13 Å². The van der Waals surface area contributed by atoms with Gasteiger partial charge in [0.05, 0.1) is 26.5 Å². The monoisotopic (exact) mass is 494 g/mol. The van der Waals surface area contributed by atoms with Crippen molar-refractivity contribution in [1.82, 2.24) is 14.8 Å². The zero-order chi connectivity index (χ0) is 23.3. The molecule has 166 valence electrons. The number of fused-ring (bicyclic) bond motifs is 1. The molecule has 0 saturated carbocycles. The van der Waals surface area contributed by atoms with E-state index in [0.29, 0.717) is 16.9 Å². The van der Waals surface area contributed by atoms with Gasteiger partial charge in [0.15, 0.2) is 11.5 Å². The summed E-state index contributed by atoms with van der Waals surface area (Å²) in [6, 6.07) is 9.52. The Morgan fingerprint density at radius 3 is 2.31 bits per heavy atom. The van der Waals surface area contributed by atoms with Crippen LogP contribution in [-0.2, 0) is 20.2 Å². The van der Waals surface area contributed by atoms with Gasteiger partial charge < -0.3 is 5.73 Å². The van der Waals surface area contributed by atoms with Crippen LogP contribution in [0, 0.1) is 6.92 Å². The summed E-state index contributed by atoms with van der Waals surface area (Å²) in [5.41, 5.74) is 7.55. The van der Waals surface area contributed by atoms with Crippen LogP contribution in [0.25, 0.3) is 15.9 Å². The summed E-state index contributed by atoms with van der Waals surface area (Å²) in [5, 5.41) is 12.5. The Bertz CT molecular complexity index is 1590. The van der Waals surface area contributed by atoms with Crippen LogP contribution in [0.4, 0.5) is 16.6 Å². The highest BCUT2D eigenvalue weighted by Crippen LogP contribution is 2.35. The first-order chi connectivity index (χ1) is 14.9. The first-order valence-corrected chi connectivity index (χ1v) is 12.4. The molecule has 2 heterocycles. The fourth-order valence-corrected chi connectivity index (χ4v) is 5.17. The number of nitrogens with two attached hydrogens (primary N) is 1. The van der Waals surface area contributed by atoms with Gasteiger partial charge in [-0.25, -0.2) is 9.67 Å². The lowest BCUT2D eigenvalue weighted by Crippen LogP contribution is -2.03. The summed E-state index contributed by atoms with van der Waals surface area (Å²) >= 11 is 0.930. The fourth-order valence-electron chi connectivity index (χ4n) is 2.87. The van der Waals surface area contributed by atoms with E-state index in [1.807, 2.05) is 0 Å². The van der Waals surface area contributed by atoms with E-state index in [1.54, 1.807) is 13.0 Å². The van der Waals surface area contributed by atoms with Crippen molar-refractivity contribution in [2.75, 3.05) is 5.73 Å². The van der Waals surface area contributed by atoms with E-state index < -0.39 is 20.2 Å². The molecule has 0 radical (unpaired) electrons. The van der Waals surface area contributed by atoms with Gasteiger partial charge in [0.1, 0.15) is 4.90 Å². The third-order valence-electron chi connectivity index (χ3n) is 4.32. The van der Waals surface area contributed by atoms with Gasteiger partial charge in [0.25, 0.3) is 20.2 Å². The van der Waals surface area contributed by atoms with Gasteiger partial charge in [-0.05, 0) is 43.3 Å². The molecule has 15 heteroatoms. The Morgan fingerprint density at radius 1 is 1.00 bits per heavy atom. The molecule has 4 N–H and O–H groups in total. The van der Waals surface area contributed by atoms with Crippen LogP contribution in [0.15, 0.2) is 62.5 Å². The SMILES string of the molecule is Cc1nn(-c2ccc(S(=O)(=O)O)cc2)c(N)c1/N=N/c1nc2cccc(S(=O)(=O)O)c2s1. The first kappa shape index (κ1) is 22.0. The van der Waals surface area contributed by atoms with Gasteiger partial charge >= 0.3 is 0 Å². The normalized spacial score (nSPS) is 12.7. The second kappa shape index (κ2) is 7.72. The molecule has 12 nitrogen and oxygen atoms in total. The van der Waals surface area contributed by atoms with Crippen LogP contribution >= 0.6 is 11.3 Å². The largest absolute Gasteiger partial charge is 0.382 e. The van der Waals surface area contributed by atoms with Crippen molar-refractivity contribution in [1.29, 1.82) is 0 Å². The Hall–Kier alpha value is -3.24. The van der Waals surface area contributed by atoms with Crippen LogP contribution in [0.1, 0.15) is 5.69 Å². The predicted molar refractivity (Wildman–Crippen MR) is 116 cm³/mol. The van der Waals surface area contributed by atoms with Crippen molar-refractivity contribution >= 4 is 58.4 Å². The van der Waals surface area contributed by atoms with E-state index in [4.69, 9.17) is 10.3 Å². The van der Waals surface area contributed by atoms with E-state index in [-0.39, 0.29) is 31.1 Å². The molecule has 0 saturated heterocycles. The summed E-state index contributed by atoms with van der Waals surface area (Å²) in [5.74, 6) is 0.116. The van der Waals surface area contributed by atoms with Crippen LogP contribution in [0.5, 0.6) is 0 Å². The number of nitrogen functional groups attached to an aromatic ring is 1. The minimum absolute atomic E-state index is 0.116. The molecule has 0 fully saturated rings. The Morgan fingerprint density at radius 2 is 1.69 bits per heavy atom. The molecule has 0 aliphatic rings. The Balaban J connectivity index is 1.70. The molecule has 32 heavy (non-hydrogen) atoms. The van der Waals surface area contributed by atoms with Crippen molar-refractivity contribution in [3.63, 3.8) is 0 Å². The van der Waals surface area contributed by atoms with Crippen LogP contribution in [-0.4, -0.2) is 40.7 Å². The number of benzene rings is 2. The predicted octanol–water partition coefficient (Wildman–Crippen LogP) is 3.28. The molecule has 0 amide bonds. The molecule has 0 spiro atoms. The summed E-state index contributed by atoms with van der Waals surface area (Å²) in [6.45, 7) is 1.64. The number of rotatable bonds is 5. The zero-order valence-corrected chi connectivity index (χ0v) is 18.6.